The topological polar surface area (TPSA) is 0 Å². The first kappa shape index (κ1) is 16.2. The first-order valence-corrected chi connectivity index (χ1v) is 10.4. The fourth-order valence-electron chi connectivity index (χ4n) is 1.71. The summed E-state index contributed by atoms with van der Waals surface area (Å²) in [5.74, 6) is 0. The molecule has 0 heterocycles. The Morgan fingerprint density at radius 2 is 1.15 bits per heavy atom. The van der Waals surface area contributed by atoms with Crippen molar-refractivity contribution >= 4 is 25.4 Å². The Hall–Kier alpha value is -1.86. The first-order valence-electron chi connectivity index (χ1n) is 6.88. The lowest BCUT2D eigenvalue weighted by Crippen LogP contribution is -2.37. The SMILES string of the molecule is C=Cc1ccc([Si](C)(C)C)cc1.C=Cc1ccccc1. The Kier molecular flexibility index (Phi) is 6.20. The second-order valence-corrected chi connectivity index (χ2v) is 10.8. The molecule has 0 aliphatic rings. The van der Waals surface area contributed by atoms with Gasteiger partial charge in [-0.1, -0.05) is 105 Å². The molecule has 1 heteroatoms. The maximum Gasteiger partial charge on any atom is 0.0775 e. The molecular weight excluding hydrogens is 256 g/mol. The number of hydrogen-bond acceptors (Lipinski definition) is 0. The van der Waals surface area contributed by atoms with Crippen LogP contribution >= 0.6 is 0 Å². The van der Waals surface area contributed by atoms with Gasteiger partial charge in [0, 0.05) is 0 Å². The lowest BCUT2D eigenvalue weighted by Gasteiger charge is -2.16. The average molecular weight is 280 g/mol. The smallest absolute Gasteiger partial charge is 0.0775 e. The Morgan fingerprint density at radius 3 is 1.50 bits per heavy atom. The van der Waals surface area contributed by atoms with E-state index in [1.54, 1.807) is 0 Å². The maximum absolute atomic E-state index is 3.73. The average Bonchev–Trinajstić information content (AvgIpc) is 2.48. The van der Waals surface area contributed by atoms with Crippen molar-refractivity contribution in [1.82, 2.24) is 0 Å². The third kappa shape index (κ3) is 5.41. The molecule has 20 heavy (non-hydrogen) atoms. The molecular formula is C19H24Si. The summed E-state index contributed by atoms with van der Waals surface area (Å²) < 4.78 is 0. The van der Waals surface area contributed by atoms with E-state index < -0.39 is 8.07 Å². The van der Waals surface area contributed by atoms with Crippen molar-refractivity contribution in [3.8, 4) is 0 Å². The molecule has 0 aromatic heterocycles. The highest BCUT2D eigenvalue weighted by atomic mass is 28.3. The van der Waals surface area contributed by atoms with Crippen LogP contribution in [0.3, 0.4) is 0 Å². The van der Waals surface area contributed by atoms with Gasteiger partial charge in [-0.05, 0) is 11.1 Å². The maximum atomic E-state index is 3.73. The van der Waals surface area contributed by atoms with Gasteiger partial charge in [0.05, 0.1) is 8.07 Å². The summed E-state index contributed by atoms with van der Waals surface area (Å²) in [4.78, 5) is 0. The van der Waals surface area contributed by atoms with Crippen molar-refractivity contribution in [2.45, 2.75) is 19.6 Å². The summed E-state index contributed by atoms with van der Waals surface area (Å²) in [7, 11) is -1.10. The quantitative estimate of drug-likeness (QED) is 0.677. The van der Waals surface area contributed by atoms with E-state index >= 15 is 0 Å². The standard InChI is InChI=1S/C11H16Si.C8H8/c1-5-10-6-8-11(9-7-10)12(2,3)4;1-2-8-6-4-3-5-7-8/h5-9H,1H2,2-4H3;2-7H,1H2. The highest BCUT2D eigenvalue weighted by molar-refractivity contribution is 6.88. The fraction of sp³-hybridized carbons (Fsp3) is 0.158. The van der Waals surface area contributed by atoms with Crippen molar-refractivity contribution in [2.24, 2.45) is 0 Å². The van der Waals surface area contributed by atoms with Gasteiger partial charge in [-0.2, -0.15) is 0 Å². The highest BCUT2D eigenvalue weighted by Gasteiger charge is 2.14. The lowest BCUT2D eigenvalue weighted by atomic mass is 10.2. The molecule has 2 rings (SSSR count). The molecule has 0 spiro atoms. The van der Waals surface area contributed by atoms with E-state index in [4.69, 9.17) is 0 Å². The first-order chi connectivity index (χ1) is 9.47. The zero-order valence-electron chi connectivity index (χ0n) is 12.8. The highest BCUT2D eigenvalue weighted by Crippen LogP contribution is 2.04. The second-order valence-electron chi connectivity index (χ2n) is 5.69. The minimum absolute atomic E-state index is 1.10. The molecule has 0 nitrogen and oxygen atoms in total. The van der Waals surface area contributed by atoms with Crippen LogP contribution < -0.4 is 5.19 Å². The van der Waals surface area contributed by atoms with Gasteiger partial charge in [-0.25, -0.2) is 0 Å². The van der Waals surface area contributed by atoms with Gasteiger partial charge < -0.3 is 0 Å². The molecule has 104 valence electrons. The van der Waals surface area contributed by atoms with Crippen LogP contribution in [0.4, 0.5) is 0 Å². The van der Waals surface area contributed by atoms with Crippen LogP contribution in [0.25, 0.3) is 12.2 Å². The van der Waals surface area contributed by atoms with Crippen molar-refractivity contribution in [3.63, 3.8) is 0 Å². The van der Waals surface area contributed by atoms with E-state index in [-0.39, 0.29) is 0 Å². The van der Waals surface area contributed by atoms with E-state index in [9.17, 15) is 0 Å². The molecule has 0 radical (unpaired) electrons. The number of rotatable bonds is 3. The summed E-state index contributed by atoms with van der Waals surface area (Å²) in [6.07, 6.45) is 3.72. The van der Waals surface area contributed by atoms with Gasteiger partial charge in [-0.3, -0.25) is 0 Å². The van der Waals surface area contributed by atoms with E-state index in [1.165, 1.54) is 16.3 Å². The molecule has 0 saturated carbocycles. The lowest BCUT2D eigenvalue weighted by molar-refractivity contribution is 1.65. The van der Waals surface area contributed by atoms with Crippen molar-refractivity contribution in [3.05, 3.63) is 78.9 Å². The van der Waals surface area contributed by atoms with Gasteiger partial charge in [0.2, 0.25) is 0 Å². The largest absolute Gasteiger partial charge is 0.0985 e. The summed E-state index contributed by atoms with van der Waals surface area (Å²) >= 11 is 0. The molecule has 0 saturated heterocycles. The monoisotopic (exact) mass is 280 g/mol. The zero-order valence-corrected chi connectivity index (χ0v) is 13.8. The molecule has 2 aromatic rings. The molecule has 0 amide bonds. The van der Waals surface area contributed by atoms with Crippen molar-refractivity contribution in [1.29, 1.82) is 0 Å². The summed E-state index contributed by atoms with van der Waals surface area (Å²) in [6.45, 7) is 14.4. The Morgan fingerprint density at radius 1 is 0.700 bits per heavy atom. The van der Waals surface area contributed by atoms with E-state index in [0.29, 0.717) is 0 Å². The molecule has 0 aliphatic heterocycles. The Balaban J connectivity index is 0.000000217. The van der Waals surface area contributed by atoms with Crippen LogP contribution in [-0.4, -0.2) is 8.07 Å². The van der Waals surface area contributed by atoms with Crippen molar-refractivity contribution < 1.29 is 0 Å². The molecule has 0 N–H and O–H groups in total. The molecule has 0 atom stereocenters. The van der Waals surface area contributed by atoms with Crippen LogP contribution in [0.15, 0.2) is 67.8 Å². The van der Waals surface area contributed by atoms with Crippen LogP contribution in [0.5, 0.6) is 0 Å². The second kappa shape index (κ2) is 7.66. The normalized spacial score (nSPS) is 10.2. The molecule has 0 bridgehead atoms. The third-order valence-corrected chi connectivity index (χ3v) is 5.11. The predicted octanol–water partition coefficient (Wildman–Crippen LogP) is 5.20. The molecule has 2 aromatic carbocycles. The van der Waals surface area contributed by atoms with Crippen LogP contribution in [-0.2, 0) is 0 Å². The van der Waals surface area contributed by atoms with Gasteiger partial charge in [0.25, 0.3) is 0 Å². The van der Waals surface area contributed by atoms with Crippen molar-refractivity contribution in [2.75, 3.05) is 0 Å². The van der Waals surface area contributed by atoms with Crippen LogP contribution in [0, 0.1) is 0 Å². The zero-order chi connectivity index (χ0) is 15.0. The van der Waals surface area contributed by atoms with Gasteiger partial charge in [0.15, 0.2) is 0 Å². The van der Waals surface area contributed by atoms with Crippen LogP contribution in [0.1, 0.15) is 11.1 Å². The molecule has 0 fully saturated rings. The minimum Gasteiger partial charge on any atom is -0.0985 e. The van der Waals surface area contributed by atoms with Gasteiger partial charge in [0.1, 0.15) is 0 Å². The molecule has 0 unspecified atom stereocenters. The minimum atomic E-state index is -1.10. The van der Waals surface area contributed by atoms with E-state index in [2.05, 4.69) is 57.1 Å². The Bertz CT molecular complexity index is 530. The summed E-state index contributed by atoms with van der Waals surface area (Å²) in [5, 5.41) is 1.51. The fourth-order valence-corrected chi connectivity index (χ4v) is 2.87. The summed E-state index contributed by atoms with van der Waals surface area (Å²) in [6, 6.07) is 18.8. The molecule has 0 aliphatic carbocycles. The predicted molar refractivity (Wildman–Crippen MR) is 96.0 cm³/mol. The number of hydrogen-bond donors (Lipinski definition) is 0. The Labute approximate surface area is 124 Å². The third-order valence-electron chi connectivity index (χ3n) is 3.05. The van der Waals surface area contributed by atoms with E-state index in [1.807, 2.05) is 42.5 Å². The van der Waals surface area contributed by atoms with Crippen LogP contribution in [0.2, 0.25) is 19.6 Å². The van der Waals surface area contributed by atoms with Gasteiger partial charge in [-0.15, -0.1) is 0 Å². The van der Waals surface area contributed by atoms with E-state index in [0.717, 1.165) is 0 Å². The van der Waals surface area contributed by atoms with Gasteiger partial charge >= 0.3 is 0 Å². The number of benzene rings is 2. The summed E-state index contributed by atoms with van der Waals surface area (Å²) in [5.41, 5.74) is 2.38.